The number of carbonyl (C=O) groups is 1. The monoisotopic (exact) mass is 257 g/mol. The molecule has 0 aromatic heterocycles. The standard InChI is InChI=1S/C11H15NOSe/c1-8(12-9(2)13)10-4-6-11(14-3)7-5-10/h4-8H,1-3H3,(H,12,13)/t8-/m0/s1. The fourth-order valence-electron chi connectivity index (χ4n) is 1.28. The van der Waals surface area contributed by atoms with Crippen LogP contribution in [0, 0.1) is 0 Å². The first-order valence-corrected chi connectivity index (χ1v) is 7.11. The second kappa shape index (κ2) is 5.18. The molecule has 1 aromatic carbocycles. The quantitative estimate of drug-likeness (QED) is 0.810. The summed E-state index contributed by atoms with van der Waals surface area (Å²) in [7, 11) is 0. The van der Waals surface area contributed by atoms with Crippen LogP contribution in [0.1, 0.15) is 25.5 Å². The number of carbonyl (C=O) groups excluding carboxylic acids is 1. The maximum absolute atomic E-state index is 10.8. The van der Waals surface area contributed by atoms with Crippen molar-refractivity contribution in [2.45, 2.75) is 25.7 Å². The van der Waals surface area contributed by atoms with Gasteiger partial charge in [0.25, 0.3) is 0 Å². The van der Waals surface area contributed by atoms with Crippen LogP contribution in [0.3, 0.4) is 0 Å². The molecular weight excluding hydrogens is 241 g/mol. The van der Waals surface area contributed by atoms with Crippen molar-refractivity contribution in [3.05, 3.63) is 29.8 Å². The van der Waals surface area contributed by atoms with Gasteiger partial charge in [0.15, 0.2) is 0 Å². The third kappa shape index (κ3) is 3.17. The summed E-state index contributed by atoms with van der Waals surface area (Å²) in [5.41, 5.74) is 1.16. The minimum absolute atomic E-state index is 0.0151. The molecule has 1 rings (SSSR count). The average molecular weight is 256 g/mol. The molecule has 0 aliphatic rings. The molecule has 0 unspecified atom stereocenters. The predicted octanol–water partition coefficient (Wildman–Crippen LogP) is 1.26. The van der Waals surface area contributed by atoms with Gasteiger partial charge in [-0.25, -0.2) is 0 Å². The van der Waals surface area contributed by atoms with Crippen molar-refractivity contribution in [3.63, 3.8) is 0 Å². The molecule has 1 atom stereocenters. The van der Waals surface area contributed by atoms with Gasteiger partial charge in [-0.15, -0.1) is 0 Å². The van der Waals surface area contributed by atoms with Gasteiger partial charge in [-0.1, -0.05) is 0 Å². The molecular formula is C11H15NOSe. The van der Waals surface area contributed by atoms with Crippen molar-refractivity contribution in [3.8, 4) is 0 Å². The van der Waals surface area contributed by atoms with Crippen LogP contribution in [0.15, 0.2) is 24.3 Å². The van der Waals surface area contributed by atoms with Crippen LogP contribution in [-0.2, 0) is 4.79 Å². The van der Waals surface area contributed by atoms with Crippen LogP contribution in [0.4, 0.5) is 0 Å². The Morgan fingerprint density at radius 1 is 1.36 bits per heavy atom. The van der Waals surface area contributed by atoms with Crippen molar-refractivity contribution in [2.75, 3.05) is 0 Å². The van der Waals surface area contributed by atoms with Crippen molar-refractivity contribution in [1.82, 2.24) is 5.32 Å². The Morgan fingerprint density at radius 3 is 2.36 bits per heavy atom. The maximum atomic E-state index is 10.8. The van der Waals surface area contributed by atoms with Crippen LogP contribution >= 0.6 is 0 Å². The summed E-state index contributed by atoms with van der Waals surface area (Å²) < 4.78 is 1.39. The Balaban J connectivity index is 2.71. The van der Waals surface area contributed by atoms with Crippen molar-refractivity contribution < 1.29 is 4.79 Å². The normalized spacial score (nSPS) is 12.2. The fourth-order valence-corrected chi connectivity index (χ4v) is 2.14. The average Bonchev–Trinajstić information content (AvgIpc) is 2.17. The summed E-state index contributed by atoms with van der Waals surface area (Å²) in [4.78, 5) is 10.8. The van der Waals surface area contributed by atoms with E-state index in [0.29, 0.717) is 15.0 Å². The van der Waals surface area contributed by atoms with Gasteiger partial charge in [0.1, 0.15) is 0 Å². The zero-order valence-corrected chi connectivity index (χ0v) is 10.4. The van der Waals surface area contributed by atoms with E-state index >= 15 is 0 Å². The van der Waals surface area contributed by atoms with Gasteiger partial charge in [0.05, 0.1) is 0 Å². The van der Waals surface area contributed by atoms with E-state index < -0.39 is 0 Å². The third-order valence-electron chi connectivity index (χ3n) is 2.04. The van der Waals surface area contributed by atoms with E-state index in [-0.39, 0.29) is 11.9 Å². The van der Waals surface area contributed by atoms with Gasteiger partial charge >= 0.3 is 91.0 Å². The Labute approximate surface area is 91.2 Å². The predicted molar refractivity (Wildman–Crippen MR) is 59.9 cm³/mol. The number of nitrogens with one attached hydrogen (secondary N) is 1. The van der Waals surface area contributed by atoms with E-state index in [1.807, 2.05) is 6.92 Å². The van der Waals surface area contributed by atoms with Gasteiger partial charge in [0.2, 0.25) is 0 Å². The summed E-state index contributed by atoms with van der Waals surface area (Å²) in [6.07, 6.45) is 0. The van der Waals surface area contributed by atoms with Gasteiger partial charge in [-0.2, -0.15) is 0 Å². The molecule has 1 aromatic rings. The van der Waals surface area contributed by atoms with Crippen LogP contribution < -0.4 is 9.78 Å². The molecule has 1 N–H and O–H groups in total. The number of benzene rings is 1. The van der Waals surface area contributed by atoms with Crippen LogP contribution in [0.2, 0.25) is 5.82 Å². The Morgan fingerprint density at radius 2 is 1.93 bits per heavy atom. The van der Waals surface area contributed by atoms with E-state index in [9.17, 15) is 4.79 Å². The molecule has 14 heavy (non-hydrogen) atoms. The number of amides is 1. The molecule has 1 amide bonds. The SMILES string of the molecule is C[Se]c1ccc([C@H](C)NC(C)=O)cc1. The molecule has 0 fully saturated rings. The molecule has 0 saturated heterocycles. The molecule has 0 saturated carbocycles. The molecule has 3 heteroatoms. The molecule has 2 nitrogen and oxygen atoms in total. The molecule has 76 valence electrons. The van der Waals surface area contributed by atoms with Crippen LogP contribution in [0.25, 0.3) is 0 Å². The first-order chi connectivity index (χ1) is 6.63. The molecule has 0 heterocycles. The molecule has 0 aliphatic heterocycles. The molecule has 0 bridgehead atoms. The second-order valence-electron chi connectivity index (χ2n) is 3.20. The van der Waals surface area contributed by atoms with E-state index in [1.54, 1.807) is 6.92 Å². The van der Waals surface area contributed by atoms with Crippen LogP contribution in [0.5, 0.6) is 0 Å². The zero-order valence-electron chi connectivity index (χ0n) is 8.70. The molecule has 0 aliphatic carbocycles. The Bertz CT molecular complexity index is 308. The van der Waals surface area contributed by atoms with Crippen molar-refractivity contribution in [1.29, 1.82) is 0 Å². The Kier molecular flexibility index (Phi) is 4.18. The molecule has 0 spiro atoms. The first kappa shape index (κ1) is 11.3. The second-order valence-corrected chi connectivity index (χ2v) is 5.04. The van der Waals surface area contributed by atoms with E-state index in [0.717, 1.165) is 5.56 Å². The van der Waals surface area contributed by atoms with Gasteiger partial charge in [-0.3, -0.25) is 0 Å². The number of hydrogen-bond acceptors (Lipinski definition) is 1. The topological polar surface area (TPSA) is 29.1 Å². The number of hydrogen-bond donors (Lipinski definition) is 1. The van der Waals surface area contributed by atoms with Gasteiger partial charge < -0.3 is 0 Å². The van der Waals surface area contributed by atoms with E-state index in [2.05, 4.69) is 35.4 Å². The van der Waals surface area contributed by atoms with E-state index in [1.165, 1.54) is 4.46 Å². The molecule has 0 radical (unpaired) electrons. The summed E-state index contributed by atoms with van der Waals surface area (Å²) >= 11 is 0.551. The van der Waals surface area contributed by atoms with E-state index in [4.69, 9.17) is 0 Å². The summed E-state index contributed by atoms with van der Waals surface area (Å²) in [6.45, 7) is 3.54. The van der Waals surface area contributed by atoms with Crippen molar-refractivity contribution in [2.24, 2.45) is 0 Å². The fraction of sp³-hybridized carbons (Fsp3) is 0.364. The van der Waals surface area contributed by atoms with Gasteiger partial charge in [0, 0.05) is 0 Å². The third-order valence-corrected chi connectivity index (χ3v) is 3.60. The summed E-state index contributed by atoms with van der Waals surface area (Å²) in [5, 5.41) is 2.86. The van der Waals surface area contributed by atoms with Gasteiger partial charge in [-0.05, 0) is 0 Å². The zero-order chi connectivity index (χ0) is 10.6. The minimum atomic E-state index is 0.0151. The first-order valence-electron chi connectivity index (χ1n) is 4.54. The summed E-state index contributed by atoms with van der Waals surface area (Å²) in [5.74, 6) is 2.21. The summed E-state index contributed by atoms with van der Waals surface area (Å²) in [6, 6.07) is 8.54. The van der Waals surface area contributed by atoms with Crippen LogP contribution in [-0.4, -0.2) is 20.9 Å². The van der Waals surface area contributed by atoms with Crippen molar-refractivity contribution >= 4 is 25.3 Å². The number of rotatable bonds is 3. The Hall–Kier alpha value is -0.791.